The molecule has 0 heterocycles. The molecule has 0 unspecified atom stereocenters. The van der Waals surface area contributed by atoms with Crippen LogP contribution in [-0.2, 0) is 0 Å². The van der Waals surface area contributed by atoms with Crippen molar-refractivity contribution < 1.29 is 13.6 Å². The Morgan fingerprint density at radius 2 is 1.33 bits per heavy atom. The average molecular weight is 405 g/mol. The third-order valence-corrected chi connectivity index (χ3v) is 3.76. The van der Waals surface area contributed by atoms with Gasteiger partial charge in [-0.25, -0.2) is 14.2 Å². The van der Waals surface area contributed by atoms with Gasteiger partial charge in [0.15, 0.2) is 0 Å². The molecule has 0 saturated carbocycles. The number of nitrogens with zero attached hydrogens (tertiary/aromatic N) is 3. The number of nitrogens with one attached hydrogen (secondary N) is 2. The first kappa shape index (κ1) is 20.5. The minimum atomic E-state index is -0.407. The van der Waals surface area contributed by atoms with Gasteiger partial charge >= 0.3 is 0 Å². The minimum Gasteiger partial charge on any atom is -0.290 e. The van der Waals surface area contributed by atoms with Gasteiger partial charge in [-0.3, -0.25) is 10.1 Å². The Morgan fingerprint density at radius 3 is 1.93 bits per heavy atom. The number of halogens is 2. The summed E-state index contributed by atoms with van der Waals surface area (Å²) in [6.45, 7) is 0. The molecule has 0 radical (unpaired) electrons. The van der Waals surface area contributed by atoms with Gasteiger partial charge < -0.3 is 0 Å². The largest absolute Gasteiger partial charge is 0.290 e. The predicted molar refractivity (Wildman–Crippen MR) is 112 cm³/mol. The zero-order valence-electron chi connectivity index (χ0n) is 15.7. The van der Waals surface area contributed by atoms with Gasteiger partial charge in [0, 0.05) is 5.56 Å². The predicted octanol–water partition coefficient (Wildman–Crippen LogP) is 3.71. The van der Waals surface area contributed by atoms with E-state index in [-0.39, 0.29) is 17.6 Å². The van der Waals surface area contributed by atoms with E-state index in [1.165, 1.54) is 48.8 Å². The summed E-state index contributed by atoms with van der Waals surface area (Å²) in [6.07, 6.45) is 2.84. The molecular formula is C22H17F2N5O. The van der Waals surface area contributed by atoms with Crippen LogP contribution in [0.15, 0.2) is 94.2 Å². The van der Waals surface area contributed by atoms with E-state index in [0.717, 1.165) is 0 Å². The summed E-state index contributed by atoms with van der Waals surface area (Å²) in [5.41, 5.74) is 4.30. The molecule has 0 atom stereocenters. The molecule has 0 saturated heterocycles. The number of hydrogen-bond acceptors (Lipinski definition) is 4. The number of rotatable bonds is 5. The topological polar surface area (TPSA) is 78.2 Å². The number of carbonyl (C=O) groups is 1. The van der Waals surface area contributed by atoms with Crippen LogP contribution in [0.4, 0.5) is 8.78 Å². The van der Waals surface area contributed by atoms with E-state index in [9.17, 15) is 13.6 Å². The van der Waals surface area contributed by atoms with Crippen LogP contribution in [0.2, 0.25) is 0 Å². The Morgan fingerprint density at radius 1 is 0.767 bits per heavy atom. The van der Waals surface area contributed by atoms with Gasteiger partial charge in [0.2, 0.25) is 5.96 Å². The van der Waals surface area contributed by atoms with E-state index >= 15 is 0 Å². The molecule has 3 aromatic rings. The summed E-state index contributed by atoms with van der Waals surface area (Å²) in [5, 5.41) is 14.4. The van der Waals surface area contributed by atoms with Gasteiger partial charge in [-0.1, -0.05) is 42.5 Å². The quantitative estimate of drug-likeness (QED) is 0.386. The second-order valence-corrected chi connectivity index (χ2v) is 5.99. The normalized spacial score (nSPS) is 11.7. The summed E-state index contributed by atoms with van der Waals surface area (Å²) in [4.78, 5) is 12.4. The second-order valence-electron chi connectivity index (χ2n) is 5.99. The fraction of sp³-hybridized carbons (Fsp3) is 0. The maximum atomic E-state index is 13.0. The molecule has 0 aromatic heterocycles. The van der Waals surface area contributed by atoms with E-state index in [0.29, 0.717) is 16.7 Å². The van der Waals surface area contributed by atoms with Crippen molar-refractivity contribution in [2.75, 3.05) is 0 Å². The van der Waals surface area contributed by atoms with Crippen molar-refractivity contribution in [2.24, 2.45) is 15.3 Å². The van der Waals surface area contributed by atoms with Crippen molar-refractivity contribution >= 4 is 24.3 Å². The summed E-state index contributed by atoms with van der Waals surface area (Å²) in [6, 6.07) is 19.9. The molecule has 0 fully saturated rings. The first-order valence-corrected chi connectivity index (χ1v) is 8.88. The lowest BCUT2D eigenvalue weighted by Gasteiger charge is -2.06. The molecule has 1 amide bonds. The first-order valence-electron chi connectivity index (χ1n) is 8.88. The van der Waals surface area contributed by atoms with E-state index in [2.05, 4.69) is 26.0 Å². The minimum absolute atomic E-state index is 0.0272. The van der Waals surface area contributed by atoms with Crippen LogP contribution in [0.5, 0.6) is 0 Å². The third-order valence-electron chi connectivity index (χ3n) is 3.76. The highest BCUT2D eigenvalue weighted by atomic mass is 19.1. The molecule has 3 rings (SSSR count). The van der Waals surface area contributed by atoms with E-state index in [1.807, 2.05) is 0 Å². The molecule has 150 valence electrons. The van der Waals surface area contributed by atoms with Gasteiger partial charge in [0.05, 0.1) is 12.4 Å². The number of hydrogen-bond donors (Lipinski definition) is 2. The van der Waals surface area contributed by atoms with Crippen LogP contribution >= 0.6 is 0 Å². The van der Waals surface area contributed by atoms with Crippen molar-refractivity contribution in [2.45, 2.75) is 0 Å². The lowest BCUT2D eigenvalue weighted by Crippen LogP contribution is -2.38. The molecule has 0 aliphatic rings. The summed E-state index contributed by atoms with van der Waals surface area (Å²) < 4.78 is 26.0. The van der Waals surface area contributed by atoms with Gasteiger partial charge in [-0.05, 0) is 47.5 Å². The van der Waals surface area contributed by atoms with Crippen LogP contribution in [0.3, 0.4) is 0 Å². The number of hydrazone groups is 1. The van der Waals surface area contributed by atoms with Crippen molar-refractivity contribution in [3.05, 3.63) is 107 Å². The van der Waals surface area contributed by atoms with Gasteiger partial charge in [0.25, 0.3) is 5.91 Å². The number of amides is 1. The van der Waals surface area contributed by atoms with Crippen LogP contribution in [-0.4, -0.2) is 24.3 Å². The molecule has 0 spiro atoms. The van der Waals surface area contributed by atoms with Crippen molar-refractivity contribution in [1.29, 1.82) is 0 Å². The van der Waals surface area contributed by atoms with Crippen molar-refractivity contribution in [3.63, 3.8) is 0 Å². The van der Waals surface area contributed by atoms with Gasteiger partial charge in [0.1, 0.15) is 11.6 Å². The fourth-order valence-corrected chi connectivity index (χ4v) is 2.26. The molecule has 2 N–H and O–H groups in total. The number of guanidine groups is 1. The summed E-state index contributed by atoms with van der Waals surface area (Å²) in [5.74, 6) is -1.15. The molecule has 30 heavy (non-hydrogen) atoms. The van der Waals surface area contributed by atoms with Crippen LogP contribution in [0, 0.1) is 11.6 Å². The number of benzene rings is 3. The fourth-order valence-electron chi connectivity index (χ4n) is 2.26. The van der Waals surface area contributed by atoms with Gasteiger partial charge in [-0.15, -0.1) is 5.10 Å². The average Bonchev–Trinajstić information content (AvgIpc) is 2.77. The van der Waals surface area contributed by atoms with E-state index in [1.54, 1.807) is 42.5 Å². The third kappa shape index (κ3) is 6.45. The summed E-state index contributed by atoms with van der Waals surface area (Å²) >= 11 is 0. The van der Waals surface area contributed by atoms with Crippen LogP contribution in [0.1, 0.15) is 21.5 Å². The second kappa shape index (κ2) is 10.4. The Kier molecular flexibility index (Phi) is 7.10. The summed E-state index contributed by atoms with van der Waals surface area (Å²) in [7, 11) is 0. The molecule has 8 heteroatoms. The highest BCUT2D eigenvalue weighted by Crippen LogP contribution is 2.01. The number of carbonyl (C=O) groups excluding carboxylic acids is 1. The monoisotopic (exact) mass is 405 g/mol. The molecule has 0 aliphatic heterocycles. The zero-order chi connectivity index (χ0) is 21.2. The lowest BCUT2D eigenvalue weighted by atomic mass is 10.2. The van der Waals surface area contributed by atoms with E-state index < -0.39 is 5.91 Å². The maximum absolute atomic E-state index is 13.0. The van der Waals surface area contributed by atoms with Crippen LogP contribution in [0.25, 0.3) is 0 Å². The Balaban J connectivity index is 1.73. The Hall–Kier alpha value is -4.20. The standard InChI is InChI=1S/C22H17F2N5O/c23-19-10-6-16(7-11-19)14-25-28-22(27-21(30)18-4-2-1-3-5-18)29-26-15-17-8-12-20(24)13-9-17/h1-15H,(H2,27,28,29,30)/b25-14+,26-15+. The smallest absolute Gasteiger partial charge is 0.258 e. The molecule has 3 aromatic carbocycles. The Labute approximate surface area is 171 Å². The Bertz CT molecular complexity index is 1060. The lowest BCUT2D eigenvalue weighted by molar-refractivity contribution is 0.0975. The van der Waals surface area contributed by atoms with E-state index in [4.69, 9.17) is 0 Å². The highest BCUT2D eigenvalue weighted by molar-refractivity contribution is 6.05. The van der Waals surface area contributed by atoms with Crippen LogP contribution < -0.4 is 10.7 Å². The van der Waals surface area contributed by atoms with Crippen molar-refractivity contribution in [1.82, 2.24) is 10.7 Å². The highest BCUT2D eigenvalue weighted by Gasteiger charge is 2.07. The molecule has 0 bridgehead atoms. The maximum Gasteiger partial charge on any atom is 0.258 e. The zero-order valence-corrected chi connectivity index (χ0v) is 15.7. The molecular weight excluding hydrogens is 388 g/mol. The SMILES string of the molecule is O=C(N/C(=N/N=C/c1ccc(F)cc1)N/N=C/c1ccc(F)cc1)c1ccccc1. The van der Waals surface area contributed by atoms with Gasteiger partial charge in [-0.2, -0.15) is 10.2 Å². The van der Waals surface area contributed by atoms with Crippen molar-refractivity contribution in [3.8, 4) is 0 Å². The first-order chi connectivity index (χ1) is 14.6. The molecule has 6 nitrogen and oxygen atoms in total. The molecule has 0 aliphatic carbocycles.